The van der Waals surface area contributed by atoms with Gasteiger partial charge in [0.15, 0.2) is 0 Å². The van der Waals surface area contributed by atoms with Gasteiger partial charge in [0.25, 0.3) is 0 Å². The van der Waals surface area contributed by atoms with Crippen molar-refractivity contribution in [2.24, 2.45) is 0 Å². The fourth-order valence-electron chi connectivity index (χ4n) is 0.867. The fraction of sp³-hybridized carbons (Fsp3) is 0.429. The standard InChI is InChI=1S/C7H11BrN4O2/c8-5-1-6(12-7(9)11-5)10-4(2-13)3-14/h1,4,13-14H,2-3H2,(H3,9,10,11,12). The summed E-state index contributed by atoms with van der Waals surface area (Å²) in [5, 5.41) is 20.4. The largest absolute Gasteiger partial charge is 0.394 e. The molecule has 0 amide bonds. The van der Waals surface area contributed by atoms with Crippen LogP contribution in [0.5, 0.6) is 0 Å². The number of aliphatic hydroxyl groups excluding tert-OH is 2. The second-order valence-electron chi connectivity index (χ2n) is 2.64. The van der Waals surface area contributed by atoms with E-state index in [1.807, 2.05) is 0 Å². The molecule has 0 aliphatic rings. The summed E-state index contributed by atoms with van der Waals surface area (Å²) in [6.07, 6.45) is 0. The van der Waals surface area contributed by atoms with Crippen molar-refractivity contribution in [3.05, 3.63) is 10.7 Å². The molecule has 0 aliphatic carbocycles. The molecule has 1 rings (SSSR count). The molecule has 0 atom stereocenters. The monoisotopic (exact) mass is 262 g/mol. The van der Waals surface area contributed by atoms with E-state index in [2.05, 4.69) is 31.2 Å². The van der Waals surface area contributed by atoms with Crippen molar-refractivity contribution in [3.63, 3.8) is 0 Å². The number of nitrogens with zero attached hydrogens (tertiary/aromatic N) is 2. The summed E-state index contributed by atoms with van der Waals surface area (Å²) in [6.45, 7) is -0.365. The van der Waals surface area contributed by atoms with Crippen molar-refractivity contribution >= 4 is 27.7 Å². The highest BCUT2D eigenvalue weighted by atomic mass is 79.9. The first-order valence-corrected chi connectivity index (χ1v) is 4.73. The molecule has 1 aromatic rings. The van der Waals surface area contributed by atoms with E-state index in [1.165, 1.54) is 0 Å². The molecular weight excluding hydrogens is 252 g/mol. The van der Waals surface area contributed by atoms with Crippen LogP contribution in [-0.2, 0) is 0 Å². The van der Waals surface area contributed by atoms with Gasteiger partial charge in [0, 0.05) is 6.07 Å². The highest BCUT2D eigenvalue weighted by Gasteiger charge is 2.07. The van der Waals surface area contributed by atoms with E-state index in [0.717, 1.165) is 0 Å². The van der Waals surface area contributed by atoms with Crippen molar-refractivity contribution in [1.29, 1.82) is 0 Å². The van der Waals surface area contributed by atoms with Crippen LogP contribution in [0.4, 0.5) is 11.8 Å². The van der Waals surface area contributed by atoms with Crippen LogP contribution in [-0.4, -0.2) is 39.4 Å². The molecule has 0 saturated heterocycles. The third kappa shape index (κ3) is 3.09. The Morgan fingerprint density at radius 1 is 1.43 bits per heavy atom. The Bertz CT molecular complexity index is 285. The molecular formula is C7H11BrN4O2. The molecule has 1 heterocycles. The van der Waals surface area contributed by atoms with Gasteiger partial charge in [0.2, 0.25) is 5.95 Å². The van der Waals surface area contributed by atoms with Crippen LogP contribution >= 0.6 is 15.9 Å². The maximum Gasteiger partial charge on any atom is 0.223 e. The number of rotatable bonds is 4. The molecule has 1 aromatic heterocycles. The van der Waals surface area contributed by atoms with E-state index in [1.54, 1.807) is 6.07 Å². The van der Waals surface area contributed by atoms with Crippen molar-refractivity contribution in [2.75, 3.05) is 24.3 Å². The maximum atomic E-state index is 8.82. The number of hydrogen-bond acceptors (Lipinski definition) is 6. The number of nitrogens with one attached hydrogen (secondary N) is 1. The predicted molar refractivity (Wildman–Crippen MR) is 55.7 cm³/mol. The molecule has 0 aliphatic heterocycles. The summed E-state index contributed by atoms with van der Waals surface area (Å²) in [5.41, 5.74) is 5.40. The van der Waals surface area contributed by atoms with Crippen molar-refractivity contribution in [3.8, 4) is 0 Å². The smallest absolute Gasteiger partial charge is 0.223 e. The van der Waals surface area contributed by atoms with Gasteiger partial charge < -0.3 is 21.3 Å². The minimum absolute atomic E-state index is 0.122. The van der Waals surface area contributed by atoms with Gasteiger partial charge in [-0.25, -0.2) is 4.98 Å². The average molecular weight is 263 g/mol. The summed E-state index contributed by atoms with van der Waals surface area (Å²) >= 11 is 3.15. The van der Waals surface area contributed by atoms with E-state index in [-0.39, 0.29) is 19.2 Å². The zero-order valence-electron chi connectivity index (χ0n) is 7.31. The summed E-state index contributed by atoms with van der Waals surface area (Å²) < 4.78 is 0.544. The normalized spacial score (nSPS) is 10.6. The van der Waals surface area contributed by atoms with Crippen molar-refractivity contribution in [1.82, 2.24) is 9.97 Å². The molecule has 78 valence electrons. The van der Waals surface area contributed by atoms with Gasteiger partial charge in [-0.2, -0.15) is 4.98 Å². The minimum Gasteiger partial charge on any atom is -0.394 e. The first kappa shape index (κ1) is 11.2. The second-order valence-corrected chi connectivity index (χ2v) is 3.45. The Kier molecular flexibility index (Phi) is 4.05. The van der Waals surface area contributed by atoms with Crippen LogP contribution < -0.4 is 11.1 Å². The third-order valence-corrected chi connectivity index (χ3v) is 1.91. The Morgan fingerprint density at radius 2 is 2.07 bits per heavy atom. The molecule has 5 N–H and O–H groups in total. The van der Waals surface area contributed by atoms with E-state index >= 15 is 0 Å². The molecule has 0 fully saturated rings. The number of nitrogens with two attached hydrogens (primary N) is 1. The molecule has 0 bridgehead atoms. The lowest BCUT2D eigenvalue weighted by atomic mass is 10.3. The summed E-state index contributed by atoms with van der Waals surface area (Å²) in [7, 11) is 0. The predicted octanol–water partition coefficient (Wildman–Crippen LogP) is -0.414. The van der Waals surface area contributed by atoms with Gasteiger partial charge in [0.1, 0.15) is 10.4 Å². The van der Waals surface area contributed by atoms with Gasteiger partial charge in [0.05, 0.1) is 19.3 Å². The van der Waals surface area contributed by atoms with Gasteiger partial charge in [-0.3, -0.25) is 0 Å². The molecule has 0 saturated carbocycles. The third-order valence-electron chi connectivity index (χ3n) is 1.50. The minimum atomic E-state index is -0.448. The van der Waals surface area contributed by atoms with Gasteiger partial charge in [-0.15, -0.1) is 0 Å². The maximum absolute atomic E-state index is 8.82. The highest BCUT2D eigenvalue weighted by Crippen LogP contribution is 2.13. The lowest BCUT2D eigenvalue weighted by Crippen LogP contribution is -2.28. The molecule has 0 unspecified atom stereocenters. The Balaban J connectivity index is 2.75. The van der Waals surface area contributed by atoms with Crippen molar-refractivity contribution in [2.45, 2.75) is 6.04 Å². The highest BCUT2D eigenvalue weighted by molar-refractivity contribution is 9.10. The number of aromatic nitrogens is 2. The molecule has 0 aromatic carbocycles. The lowest BCUT2D eigenvalue weighted by Gasteiger charge is -2.13. The zero-order valence-corrected chi connectivity index (χ0v) is 8.90. The topological polar surface area (TPSA) is 104 Å². The van der Waals surface area contributed by atoms with Crippen LogP contribution in [0.25, 0.3) is 0 Å². The van der Waals surface area contributed by atoms with E-state index in [4.69, 9.17) is 15.9 Å². The summed E-state index contributed by atoms with van der Waals surface area (Å²) in [5.74, 6) is 0.578. The lowest BCUT2D eigenvalue weighted by molar-refractivity contribution is 0.203. The molecule has 14 heavy (non-hydrogen) atoms. The number of anilines is 2. The molecule has 0 radical (unpaired) electrons. The van der Waals surface area contributed by atoms with Gasteiger partial charge in [-0.1, -0.05) is 0 Å². The summed E-state index contributed by atoms with van der Waals surface area (Å²) in [6, 6.07) is 1.16. The molecule has 6 nitrogen and oxygen atoms in total. The zero-order chi connectivity index (χ0) is 10.6. The van der Waals surface area contributed by atoms with E-state index in [0.29, 0.717) is 10.4 Å². The number of halogens is 1. The van der Waals surface area contributed by atoms with Crippen LogP contribution in [0.2, 0.25) is 0 Å². The number of hydrogen-bond donors (Lipinski definition) is 4. The number of aliphatic hydroxyl groups is 2. The average Bonchev–Trinajstić information content (AvgIpc) is 2.12. The second kappa shape index (κ2) is 5.08. The first-order valence-electron chi connectivity index (χ1n) is 3.94. The SMILES string of the molecule is Nc1nc(Br)cc(NC(CO)CO)n1. The van der Waals surface area contributed by atoms with Crippen LogP contribution in [0.15, 0.2) is 10.7 Å². The van der Waals surface area contributed by atoms with E-state index in [9.17, 15) is 0 Å². The van der Waals surface area contributed by atoms with Gasteiger partial charge >= 0.3 is 0 Å². The van der Waals surface area contributed by atoms with Crippen molar-refractivity contribution < 1.29 is 10.2 Å². The Labute approximate surface area is 89.3 Å². The van der Waals surface area contributed by atoms with E-state index < -0.39 is 6.04 Å². The van der Waals surface area contributed by atoms with Gasteiger partial charge in [-0.05, 0) is 15.9 Å². The fourth-order valence-corrected chi connectivity index (χ4v) is 1.27. The first-order chi connectivity index (χ1) is 6.65. The Morgan fingerprint density at radius 3 is 2.57 bits per heavy atom. The quantitative estimate of drug-likeness (QED) is 0.550. The number of nitrogen functional groups attached to an aromatic ring is 1. The summed E-state index contributed by atoms with van der Waals surface area (Å²) in [4.78, 5) is 7.68. The van der Waals surface area contributed by atoms with Crippen LogP contribution in [0.1, 0.15) is 0 Å². The molecule has 7 heteroatoms. The van der Waals surface area contributed by atoms with Crippen LogP contribution in [0.3, 0.4) is 0 Å². The van der Waals surface area contributed by atoms with Crippen LogP contribution in [0, 0.1) is 0 Å². The Hall–Kier alpha value is -0.920. The molecule has 0 spiro atoms.